The summed E-state index contributed by atoms with van der Waals surface area (Å²) in [7, 11) is 0. The molecule has 0 aliphatic heterocycles. The van der Waals surface area contributed by atoms with Gasteiger partial charge in [-0.3, -0.25) is 0 Å². The van der Waals surface area contributed by atoms with Crippen LogP contribution >= 0.6 is 0 Å². The van der Waals surface area contributed by atoms with Gasteiger partial charge in [-0.15, -0.1) is 13.2 Å². The molecule has 1 heteroatoms. The van der Waals surface area contributed by atoms with Crippen molar-refractivity contribution in [3.05, 3.63) is 121 Å². The van der Waals surface area contributed by atoms with Crippen LogP contribution in [0.25, 0.3) is 11.1 Å². The van der Waals surface area contributed by atoms with Crippen LogP contribution in [0.4, 0.5) is 0 Å². The molecular weight excluding hydrogens is 555 g/mol. The average molecular weight is 636 g/mol. The van der Waals surface area contributed by atoms with Crippen LogP contribution in [0.1, 0.15) is 162 Å². The summed E-state index contributed by atoms with van der Waals surface area (Å²) in [6.07, 6.45) is 16.2. The average Bonchev–Trinajstić information content (AvgIpc) is 3.04. The molecule has 2 N–H and O–H groups in total. The second-order valence-electron chi connectivity index (χ2n) is 11.3. The second-order valence-corrected chi connectivity index (χ2v) is 11.3. The fraction of sp³-hybridized carbons (Fsp3) is 0.511. The van der Waals surface area contributed by atoms with E-state index in [2.05, 4.69) is 184 Å². The minimum Gasteiger partial charge on any atom is -0.405 e. The van der Waals surface area contributed by atoms with Crippen LogP contribution in [0.15, 0.2) is 92.7 Å². The normalized spacial score (nSPS) is 8.72. The zero-order valence-corrected chi connectivity index (χ0v) is 33.8. The van der Waals surface area contributed by atoms with Crippen LogP contribution in [-0.4, -0.2) is 0 Å². The predicted octanol–water partition coefficient (Wildman–Crippen LogP) is 15.8. The minimum atomic E-state index is 1.11. The predicted molar refractivity (Wildman–Crippen MR) is 223 cm³/mol. The van der Waals surface area contributed by atoms with E-state index in [9.17, 15) is 0 Å². The van der Waals surface area contributed by atoms with Crippen LogP contribution in [0.5, 0.6) is 0 Å². The molecule has 0 aliphatic carbocycles. The summed E-state index contributed by atoms with van der Waals surface area (Å²) in [5.41, 5.74) is 14.9. The van der Waals surface area contributed by atoms with E-state index in [-0.39, 0.29) is 0 Å². The Hall–Kier alpha value is -3.06. The Kier molecular flexibility index (Phi) is 55.8. The third-order valence-electron chi connectivity index (χ3n) is 5.95. The third kappa shape index (κ3) is 45.4. The molecule has 0 aliphatic rings. The Labute approximate surface area is 291 Å². The van der Waals surface area contributed by atoms with E-state index >= 15 is 0 Å². The SMILES string of the molecule is C=C.C=C(C)c1ccc(C)c(/C(C)=C/C=C(C)C)c1.C=CN.CCC.CCCC.CCCC.CCCCC.Cc1ccccc1C. The summed E-state index contributed by atoms with van der Waals surface area (Å²) < 4.78 is 0. The fourth-order valence-corrected chi connectivity index (χ4v) is 2.71. The summed E-state index contributed by atoms with van der Waals surface area (Å²) in [6, 6.07) is 14.9. The number of benzene rings is 2. The molecule has 0 amide bonds. The number of rotatable bonds is 7. The lowest BCUT2D eigenvalue weighted by Gasteiger charge is -2.09. The quantitative estimate of drug-likeness (QED) is 0.238. The van der Waals surface area contributed by atoms with E-state index in [1.165, 1.54) is 96.5 Å². The van der Waals surface area contributed by atoms with Gasteiger partial charge in [0.15, 0.2) is 0 Å². The molecule has 0 spiro atoms. The van der Waals surface area contributed by atoms with E-state index in [0.29, 0.717) is 0 Å². The van der Waals surface area contributed by atoms with Crippen molar-refractivity contribution in [2.75, 3.05) is 0 Å². The first-order valence-electron chi connectivity index (χ1n) is 17.7. The monoisotopic (exact) mass is 636 g/mol. The van der Waals surface area contributed by atoms with Gasteiger partial charge in [0.25, 0.3) is 0 Å². The van der Waals surface area contributed by atoms with Gasteiger partial charge in [0, 0.05) is 0 Å². The van der Waals surface area contributed by atoms with Crippen molar-refractivity contribution in [3.8, 4) is 0 Å². The van der Waals surface area contributed by atoms with Crippen LogP contribution in [-0.2, 0) is 0 Å². The Morgan fingerprint density at radius 1 is 0.630 bits per heavy atom. The van der Waals surface area contributed by atoms with E-state index < -0.39 is 0 Å². The number of unbranched alkanes of at least 4 members (excludes halogenated alkanes) is 4. The first kappa shape index (κ1) is 55.4. The van der Waals surface area contributed by atoms with Gasteiger partial charge in [-0.25, -0.2) is 0 Å². The minimum absolute atomic E-state index is 1.11. The van der Waals surface area contributed by atoms with Gasteiger partial charge in [0.1, 0.15) is 0 Å². The Morgan fingerprint density at radius 3 is 1.24 bits per heavy atom. The lowest BCUT2D eigenvalue weighted by Crippen LogP contribution is -1.88. The lowest BCUT2D eigenvalue weighted by atomic mass is 9.96. The molecule has 0 saturated carbocycles. The van der Waals surface area contributed by atoms with Crippen molar-refractivity contribution in [3.63, 3.8) is 0 Å². The molecular formula is C45H81N. The molecule has 0 saturated heterocycles. The summed E-state index contributed by atoms with van der Waals surface area (Å²) in [5.74, 6) is 0. The maximum absolute atomic E-state index is 4.61. The first-order valence-corrected chi connectivity index (χ1v) is 17.7. The molecule has 0 radical (unpaired) electrons. The van der Waals surface area contributed by atoms with Gasteiger partial charge in [-0.05, 0) is 94.1 Å². The summed E-state index contributed by atoms with van der Waals surface area (Å²) >= 11 is 0. The van der Waals surface area contributed by atoms with Gasteiger partial charge in [0.05, 0.1) is 0 Å². The third-order valence-corrected chi connectivity index (χ3v) is 5.95. The van der Waals surface area contributed by atoms with Crippen molar-refractivity contribution in [1.82, 2.24) is 0 Å². The number of nitrogens with two attached hydrogens (primary N) is 1. The second kappa shape index (κ2) is 46.4. The molecule has 266 valence electrons. The highest BCUT2D eigenvalue weighted by Gasteiger charge is 2.02. The number of hydrogen-bond acceptors (Lipinski definition) is 1. The van der Waals surface area contributed by atoms with Gasteiger partial charge in [0.2, 0.25) is 0 Å². The van der Waals surface area contributed by atoms with Crippen molar-refractivity contribution in [1.29, 1.82) is 0 Å². The number of allylic oxidation sites excluding steroid dienone is 5. The van der Waals surface area contributed by atoms with Gasteiger partial charge in [-0.1, -0.05) is 180 Å². The van der Waals surface area contributed by atoms with Crippen LogP contribution in [0.3, 0.4) is 0 Å². The summed E-state index contributed by atoms with van der Waals surface area (Å²) in [6.45, 7) is 45.4. The molecule has 1 nitrogen and oxygen atoms in total. The summed E-state index contributed by atoms with van der Waals surface area (Å²) in [4.78, 5) is 0. The molecule has 2 aromatic rings. The van der Waals surface area contributed by atoms with Crippen molar-refractivity contribution in [2.45, 2.75) is 155 Å². The zero-order chi connectivity index (χ0) is 37.3. The molecule has 0 heterocycles. The molecule has 0 aromatic heterocycles. The highest BCUT2D eigenvalue weighted by Crippen LogP contribution is 2.23. The molecule has 0 fully saturated rings. The van der Waals surface area contributed by atoms with E-state index in [1.54, 1.807) is 0 Å². The first-order chi connectivity index (χ1) is 21.8. The Morgan fingerprint density at radius 2 is 1.00 bits per heavy atom. The van der Waals surface area contributed by atoms with E-state index in [0.717, 1.165) is 5.57 Å². The maximum Gasteiger partial charge on any atom is -0.0136 e. The van der Waals surface area contributed by atoms with Crippen LogP contribution in [0.2, 0.25) is 0 Å². The van der Waals surface area contributed by atoms with Crippen molar-refractivity contribution < 1.29 is 0 Å². The van der Waals surface area contributed by atoms with Crippen molar-refractivity contribution in [2.24, 2.45) is 5.73 Å². The van der Waals surface area contributed by atoms with Gasteiger partial charge >= 0.3 is 0 Å². The standard InChI is InChI=1S/C17H22.C8H10.C5H12.2C4H10.C3H8.C2H5N.C2H4/c1-12(2)7-8-14(5)17-11-16(13(3)4)10-9-15(17)6;1-7-5-3-4-6-8(7)2;1-3-5-4-2;2*1-3-4-2;1-3-2;1-2-3;1-2/h7-11H,3H2,1-2,4-6H3;3-6H,1-2H3;3-5H2,1-2H3;2*3-4H2,1-2H3;3H2,1-2H3;2H,1,3H2;1-2H2/b14-8+;;;;;;;. The molecule has 0 unspecified atom stereocenters. The topological polar surface area (TPSA) is 26.0 Å². The fourth-order valence-electron chi connectivity index (χ4n) is 2.71. The number of aryl methyl sites for hydroxylation is 3. The number of hydrogen-bond donors (Lipinski definition) is 1. The highest BCUT2D eigenvalue weighted by atomic mass is 14.5. The van der Waals surface area contributed by atoms with Crippen LogP contribution < -0.4 is 5.73 Å². The highest BCUT2D eigenvalue weighted by molar-refractivity contribution is 5.72. The molecule has 0 bridgehead atoms. The zero-order valence-electron chi connectivity index (χ0n) is 33.8. The molecule has 2 aromatic carbocycles. The Bertz CT molecular complexity index is 939. The largest absolute Gasteiger partial charge is 0.405 e. The summed E-state index contributed by atoms with van der Waals surface area (Å²) in [5, 5.41) is 0. The lowest BCUT2D eigenvalue weighted by molar-refractivity contribution is 0.772. The molecule has 46 heavy (non-hydrogen) atoms. The maximum atomic E-state index is 4.61. The Balaban J connectivity index is -0.000000115. The van der Waals surface area contributed by atoms with E-state index in [1.807, 2.05) is 6.92 Å². The molecule has 2 rings (SSSR count). The molecule has 0 atom stereocenters. The van der Waals surface area contributed by atoms with Gasteiger partial charge < -0.3 is 5.73 Å². The van der Waals surface area contributed by atoms with Gasteiger partial charge in [-0.2, -0.15) is 0 Å². The van der Waals surface area contributed by atoms with Crippen LogP contribution in [0, 0.1) is 20.8 Å². The smallest absolute Gasteiger partial charge is 0.0136 e. The van der Waals surface area contributed by atoms with Crippen molar-refractivity contribution >= 4 is 11.1 Å². The van der Waals surface area contributed by atoms with E-state index in [4.69, 9.17) is 0 Å².